The van der Waals surface area contributed by atoms with Crippen LogP contribution in [0.5, 0.6) is 0 Å². The lowest BCUT2D eigenvalue weighted by Gasteiger charge is -2.22. The standard InChI is InChI=1S/C14H15NO2/c1-10(16)17-13-6-5-11-8-12-4-2-3-7-15(12)14(11)9-13/h2-4,7-8,13H,5-6,9H2,1H3. The van der Waals surface area contributed by atoms with E-state index in [0.717, 1.165) is 19.3 Å². The summed E-state index contributed by atoms with van der Waals surface area (Å²) in [6.45, 7) is 1.48. The fraction of sp³-hybridized carbons (Fsp3) is 0.357. The molecule has 0 radical (unpaired) electrons. The van der Waals surface area contributed by atoms with Crippen LogP contribution in [0.2, 0.25) is 0 Å². The van der Waals surface area contributed by atoms with Crippen molar-refractivity contribution in [1.82, 2.24) is 4.40 Å². The number of nitrogens with zero attached hydrogens (tertiary/aromatic N) is 1. The minimum Gasteiger partial charge on any atom is -0.462 e. The highest BCUT2D eigenvalue weighted by atomic mass is 16.5. The van der Waals surface area contributed by atoms with E-state index in [1.807, 2.05) is 12.1 Å². The molecular formula is C14H15NO2. The quantitative estimate of drug-likeness (QED) is 0.703. The van der Waals surface area contributed by atoms with Gasteiger partial charge in [-0.1, -0.05) is 6.07 Å². The number of hydrogen-bond acceptors (Lipinski definition) is 2. The number of aryl methyl sites for hydroxylation is 1. The summed E-state index contributed by atoms with van der Waals surface area (Å²) < 4.78 is 7.51. The molecule has 1 unspecified atom stereocenters. The Morgan fingerprint density at radius 3 is 3.18 bits per heavy atom. The molecule has 1 aliphatic carbocycles. The molecule has 1 aliphatic rings. The van der Waals surface area contributed by atoms with Gasteiger partial charge in [-0.25, -0.2) is 0 Å². The van der Waals surface area contributed by atoms with Gasteiger partial charge in [0.1, 0.15) is 6.10 Å². The van der Waals surface area contributed by atoms with Crippen molar-refractivity contribution < 1.29 is 9.53 Å². The third-order valence-corrected chi connectivity index (χ3v) is 3.36. The minimum absolute atomic E-state index is 0.0401. The van der Waals surface area contributed by atoms with Gasteiger partial charge in [-0.15, -0.1) is 0 Å². The fourth-order valence-corrected chi connectivity index (χ4v) is 2.65. The van der Waals surface area contributed by atoms with E-state index >= 15 is 0 Å². The van der Waals surface area contributed by atoms with Crippen molar-refractivity contribution in [2.24, 2.45) is 0 Å². The molecule has 0 saturated heterocycles. The van der Waals surface area contributed by atoms with Crippen molar-refractivity contribution in [1.29, 1.82) is 0 Å². The first-order valence-corrected chi connectivity index (χ1v) is 5.99. The highest BCUT2D eigenvalue weighted by molar-refractivity contribution is 5.66. The zero-order valence-electron chi connectivity index (χ0n) is 9.85. The highest BCUT2D eigenvalue weighted by Crippen LogP contribution is 2.26. The summed E-state index contributed by atoms with van der Waals surface area (Å²) >= 11 is 0. The van der Waals surface area contributed by atoms with Gasteiger partial charge < -0.3 is 9.14 Å². The van der Waals surface area contributed by atoms with Gasteiger partial charge in [-0.2, -0.15) is 0 Å². The first kappa shape index (κ1) is 10.4. The van der Waals surface area contributed by atoms with Crippen LogP contribution in [0.15, 0.2) is 30.5 Å². The van der Waals surface area contributed by atoms with Gasteiger partial charge in [-0.3, -0.25) is 4.79 Å². The third-order valence-electron chi connectivity index (χ3n) is 3.36. The second kappa shape index (κ2) is 3.91. The maximum atomic E-state index is 11.0. The average Bonchev–Trinajstić information content (AvgIpc) is 2.66. The molecular weight excluding hydrogens is 214 g/mol. The van der Waals surface area contributed by atoms with E-state index in [0.29, 0.717) is 0 Å². The Bertz CT molecular complexity index is 571. The number of pyridine rings is 1. The average molecular weight is 229 g/mol. The van der Waals surface area contributed by atoms with Crippen molar-refractivity contribution in [2.75, 3.05) is 0 Å². The Morgan fingerprint density at radius 1 is 1.47 bits per heavy atom. The Morgan fingerprint density at radius 2 is 2.35 bits per heavy atom. The van der Waals surface area contributed by atoms with Crippen LogP contribution in [0.25, 0.3) is 5.52 Å². The predicted molar refractivity (Wildman–Crippen MR) is 65.0 cm³/mol. The van der Waals surface area contributed by atoms with Gasteiger partial charge in [0.2, 0.25) is 0 Å². The summed E-state index contributed by atoms with van der Waals surface area (Å²) in [5.41, 5.74) is 3.90. The molecule has 3 rings (SSSR count). The highest BCUT2D eigenvalue weighted by Gasteiger charge is 2.23. The van der Waals surface area contributed by atoms with Crippen molar-refractivity contribution in [3.05, 3.63) is 41.7 Å². The number of ether oxygens (including phenoxy) is 1. The third kappa shape index (κ3) is 1.82. The monoisotopic (exact) mass is 229 g/mol. The molecule has 0 spiro atoms. The zero-order valence-corrected chi connectivity index (χ0v) is 9.85. The van der Waals surface area contributed by atoms with Crippen LogP contribution in [0.4, 0.5) is 0 Å². The van der Waals surface area contributed by atoms with E-state index in [-0.39, 0.29) is 12.1 Å². The van der Waals surface area contributed by atoms with Crippen LogP contribution in [0.3, 0.4) is 0 Å². The number of fused-ring (bicyclic) bond motifs is 3. The van der Waals surface area contributed by atoms with E-state index in [1.165, 1.54) is 23.7 Å². The molecule has 2 aromatic rings. The largest absolute Gasteiger partial charge is 0.462 e. The van der Waals surface area contributed by atoms with Gasteiger partial charge in [-0.05, 0) is 36.6 Å². The smallest absolute Gasteiger partial charge is 0.302 e. The molecule has 2 heterocycles. The number of hydrogen-bond donors (Lipinski definition) is 0. The first-order chi connectivity index (χ1) is 8.24. The van der Waals surface area contributed by atoms with E-state index in [1.54, 1.807) is 0 Å². The van der Waals surface area contributed by atoms with Crippen molar-refractivity contribution >= 4 is 11.5 Å². The summed E-state index contributed by atoms with van der Waals surface area (Å²) in [5.74, 6) is -0.181. The van der Waals surface area contributed by atoms with Gasteiger partial charge in [0.05, 0.1) is 0 Å². The molecule has 0 amide bonds. The Balaban J connectivity index is 1.97. The minimum atomic E-state index is -0.181. The molecule has 88 valence electrons. The van der Waals surface area contributed by atoms with Crippen LogP contribution in [-0.2, 0) is 22.4 Å². The van der Waals surface area contributed by atoms with Gasteiger partial charge >= 0.3 is 5.97 Å². The van der Waals surface area contributed by atoms with Crippen molar-refractivity contribution in [3.63, 3.8) is 0 Å². The summed E-state index contributed by atoms with van der Waals surface area (Å²) in [4.78, 5) is 11.0. The second-order valence-corrected chi connectivity index (χ2v) is 4.59. The van der Waals surface area contributed by atoms with E-state index in [4.69, 9.17) is 4.74 Å². The van der Waals surface area contributed by atoms with Crippen LogP contribution in [-0.4, -0.2) is 16.5 Å². The summed E-state index contributed by atoms with van der Waals surface area (Å²) in [5, 5.41) is 0. The normalized spacial score (nSPS) is 19.0. The topological polar surface area (TPSA) is 30.7 Å². The summed E-state index contributed by atoms with van der Waals surface area (Å²) in [6.07, 6.45) is 4.87. The predicted octanol–water partition coefficient (Wildman–Crippen LogP) is 2.36. The number of aromatic nitrogens is 1. The molecule has 0 aliphatic heterocycles. The Hall–Kier alpha value is -1.77. The Labute approximate surface area is 100 Å². The second-order valence-electron chi connectivity index (χ2n) is 4.59. The Kier molecular flexibility index (Phi) is 2.39. The van der Waals surface area contributed by atoms with Gasteiger partial charge in [0.15, 0.2) is 0 Å². The SMILES string of the molecule is CC(=O)OC1CCc2cc3ccccn3c2C1. The van der Waals surface area contributed by atoms with Crippen LogP contribution in [0.1, 0.15) is 24.6 Å². The lowest BCUT2D eigenvalue weighted by atomic mass is 9.95. The molecule has 3 nitrogen and oxygen atoms in total. The van der Waals surface area contributed by atoms with Gasteiger partial charge in [0.25, 0.3) is 0 Å². The number of rotatable bonds is 1. The molecule has 0 fully saturated rings. The van der Waals surface area contributed by atoms with Crippen LogP contribution < -0.4 is 0 Å². The zero-order chi connectivity index (χ0) is 11.8. The lowest BCUT2D eigenvalue weighted by Crippen LogP contribution is -2.24. The molecule has 0 saturated carbocycles. The summed E-state index contributed by atoms with van der Waals surface area (Å²) in [7, 11) is 0. The lowest BCUT2D eigenvalue weighted by molar-refractivity contribution is -0.146. The molecule has 0 N–H and O–H groups in total. The maximum Gasteiger partial charge on any atom is 0.302 e. The molecule has 3 heteroatoms. The molecule has 1 atom stereocenters. The van der Waals surface area contributed by atoms with Crippen molar-refractivity contribution in [3.8, 4) is 0 Å². The number of carbonyl (C=O) groups excluding carboxylic acids is 1. The number of carbonyl (C=O) groups is 1. The molecule has 0 bridgehead atoms. The van der Waals surface area contributed by atoms with E-state index in [2.05, 4.69) is 22.7 Å². The number of esters is 1. The summed E-state index contributed by atoms with van der Waals surface area (Å²) in [6, 6.07) is 8.42. The first-order valence-electron chi connectivity index (χ1n) is 5.99. The molecule has 2 aromatic heterocycles. The van der Waals surface area contributed by atoms with Crippen molar-refractivity contribution in [2.45, 2.75) is 32.3 Å². The van der Waals surface area contributed by atoms with E-state index < -0.39 is 0 Å². The fourth-order valence-electron chi connectivity index (χ4n) is 2.65. The van der Waals surface area contributed by atoms with Gasteiger partial charge in [0, 0.05) is 30.8 Å². The molecule has 17 heavy (non-hydrogen) atoms. The maximum absolute atomic E-state index is 11.0. The van der Waals surface area contributed by atoms with E-state index in [9.17, 15) is 4.79 Å². The van der Waals surface area contributed by atoms with Crippen LogP contribution >= 0.6 is 0 Å². The molecule has 0 aromatic carbocycles. The van der Waals surface area contributed by atoms with Crippen LogP contribution in [0, 0.1) is 0 Å².